The number of amides is 1. The van der Waals surface area contributed by atoms with Crippen molar-refractivity contribution in [2.45, 2.75) is 20.0 Å². The van der Waals surface area contributed by atoms with E-state index in [4.69, 9.17) is 9.47 Å². The summed E-state index contributed by atoms with van der Waals surface area (Å²) < 4.78 is 38.7. The van der Waals surface area contributed by atoms with E-state index in [0.717, 1.165) is 53.2 Å². The first kappa shape index (κ1) is 25.0. The van der Waals surface area contributed by atoms with Gasteiger partial charge in [-0.15, -0.1) is 0 Å². The number of carbonyl (C=O) groups is 1. The Morgan fingerprint density at radius 2 is 1.81 bits per heavy atom. The summed E-state index contributed by atoms with van der Waals surface area (Å²) in [6.07, 6.45) is -0.405. The molecule has 192 valence electrons. The van der Waals surface area contributed by atoms with Crippen molar-refractivity contribution < 1.29 is 23.0 Å². The second-order valence-electron chi connectivity index (χ2n) is 9.63. The number of benzene rings is 3. The summed E-state index contributed by atoms with van der Waals surface area (Å²) in [5.74, 6) is 1.19. The van der Waals surface area contributed by atoms with Gasteiger partial charge in [-0.05, 0) is 66.1 Å². The Morgan fingerprint density at radius 1 is 1.08 bits per heavy atom. The number of ether oxygens (including phenoxy) is 2. The standard InChI is InChI=1S/C30H30F2N2O3/c1-19-27-15-25(33-20(2)35)9-12-28(27)37-30(29(19)22-3-7-24(32)8-4-22)23-5-10-26(11-6-23)36-14-13-34-17-21(16-31)18-34/h3-12,15,21,30H,13-14,16-18H2,1-2H3,(H,33,35)/t30-/m0/s1. The molecule has 0 unspecified atom stereocenters. The van der Waals surface area contributed by atoms with Crippen LogP contribution in [0.15, 0.2) is 66.7 Å². The van der Waals surface area contributed by atoms with Gasteiger partial charge in [0.25, 0.3) is 0 Å². The van der Waals surface area contributed by atoms with E-state index in [1.807, 2.05) is 49.4 Å². The lowest BCUT2D eigenvalue weighted by molar-refractivity contribution is -0.114. The predicted octanol–water partition coefficient (Wildman–Crippen LogP) is 6.13. The van der Waals surface area contributed by atoms with Crippen LogP contribution < -0.4 is 14.8 Å². The Morgan fingerprint density at radius 3 is 2.49 bits per heavy atom. The van der Waals surface area contributed by atoms with Gasteiger partial charge in [-0.1, -0.05) is 24.3 Å². The van der Waals surface area contributed by atoms with E-state index in [0.29, 0.717) is 18.0 Å². The first-order valence-electron chi connectivity index (χ1n) is 12.5. The van der Waals surface area contributed by atoms with Crippen LogP contribution in [-0.2, 0) is 4.79 Å². The molecular weight excluding hydrogens is 474 g/mol. The average molecular weight is 505 g/mol. The van der Waals surface area contributed by atoms with Crippen molar-refractivity contribution in [3.63, 3.8) is 0 Å². The normalized spacial score (nSPS) is 17.6. The first-order valence-corrected chi connectivity index (χ1v) is 12.5. The molecule has 7 heteroatoms. The van der Waals surface area contributed by atoms with E-state index in [1.54, 1.807) is 12.1 Å². The number of allylic oxidation sites excluding steroid dienone is 1. The van der Waals surface area contributed by atoms with Gasteiger partial charge >= 0.3 is 0 Å². The maximum absolute atomic E-state index is 13.7. The van der Waals surface area contributed by atoms with Crippen LogP contribution in [0, 0.1) is 11.7 Å². The molecule has 1 N–H and O–H groups in total. The minimum absolute atomic E-state index is 0.147. The summed E-state index contributed by atoms with van der Waals surface area (Å²) in [6.45, 7) is 6.15. The molecule has 1 saturated heterocycles. The fraction of sp³-hybridized carbons (Fsp3) is 0.300. The molecule has 5 nitrogen and oxygen atoms in total. The van der Waals surface area contributed by atoms with Crippen molar-refractivity contribution in [3.8, 4) is 11.5 Å². The summed E-state index contributed by atoms with van der Waals surface area (Å²) in [7, 11) is 0. The van der Waals surface area contributed by atoms with Crippen LogP contribution in [0.25, 0.3) is 11.1 Å². The molecule has 0 aliphatic carbocycles. The van der Waals surface area contributed by atoms with Crippen molar-refractivity contribution in [2.75, 3.05) is 38.2 Å². The van der Waals surface area contributed by atoms with E-state index >= 15 is 0 Å². The number of carbonyl (C=O) groups excluding carboxylic acids is 1. The maximum atomic E-state index is 13.7. The number of likely N-dealkylation sites (tertiary alicyclic amines) is 1. The fourth-order valence-corrected chi connectivity index (χ4v) is 4.95. The van der Waals surface area contributed by atoms with Gasteiger partial charge in [-0.25, -0.2) is 4.39 Å². The first-order chi connectivity index (χ1) is 17.9. The fourth-order valence-electron chi connectivity index (χ4n) is 4.95. The van der Waals surface area contributed by atoms with Gasteiger partial charge in [0.2, 0.25) is 5.91 Å². The van der Waals surface area contributed by atoms with E-state index < -0.39 is 6.10 Å². The largest absolute Gasteiger partial charge is 0.492 e. The van der Waals surface area contributed by atoms with Gasteiger partial charge in [0.15, 0.2) is 0 Å². The second kappa shape index (κ2) is 10.7. The Bertz CT molecular complexity index is 1300. The minimum atomic E-state index is -0.405. The molecule has 0 spiro atoms. The summed E-state index contributed by atoms with van der Waals surface area (Å²) in [5, 5.41) is 2.82. The van der Waals surface area contributed by atoms with Crippen LogP contribution in [0.1, 0.15) is 36.6 Å². The monoisotopic (exact) mass is 504 g/mol. The number of hydrogen-bond donors (Lipinski definition) is 1. The molecule has 1 amide bonds. The molecule has 0 bridgehead atoms. The number of nitrogens with one attached hydrogen (secondary N) is 1. The number of hydrogen-bond acceptors (Lipinski definition) is 4. The second-order valence-corrected chi connectivity index (χ2v) is 9.63. The maximum Gasteiger partial charge on any atom is 0.221 e. The Labute approximate surface area is 215 Å². The molecule has 0 saturated carbocycles. The molecule has 0 aromatic heterocycles. The van der Waals surface area contributed by atoms with E-state index in [2.05, 4.69) is 10.2 Å². The average Bonchev–Trinajstić information content (AvgIpc) is 2.86. The molecular formula is C30H30F2N2O3. The molecule has 5 rings (SSSR count). The van der Waals surface area contributed by atoms with Gasteiger partial charge < -0.3 is 14.8 Å². The quantitative estimate of drug-likeness (QED) is 0.401. The number of nitrogens with zero attached hydrogens (tertiary/aromatic N) is 1. The molecule has 3 aromatic rings. The van der Waals surface area contributed by atoms with Gasteiger partial charge in [-0.3, -0.25) is 14.1 Å². The summed E-state index contributed by atoms with van der Waals surface area (Å²) in [5.41, 5.74) is 5.29. The van der Waals surface area contributed by atoms with Crippen LogP contribution in [0.3, 0.4) is 0 Å². The molecule has 2 heterocycles. The summed E-state index contributed by atoms with van der Waals surface area (Å²) >= 11 is 0. The van der Waals surface area contributed by atoms with Crippen LogP contribution in [-0.4, -0.2) is 43.7 Å². The zero-order valence-electron chi connectivity index (χ0n) is 21.0. The molecule has 3 aromatic carbocycles. The lowest BCUT2D eigenvalue weighted by Crippen LogP contribution is -2.49. The summed E-state index contributed by atoms with van der Waals surface area (Å²) in [4.78, 5) is 13.8. The molecule has 0 radical (unpaired) electrons. The van der Waals surface area contributed by atoms with Crippen LogP contribution in [0.2, 0.25) is 0 Å². The summed E-state index contributed by atoms with van der Waals surface area (Å²) in [6, 6.07) is 19.8. The third-order valence-electron chi connectivity index (χ3n) is 6.88. The van der Waals surface area contributed by atoms with Crippen molar-refractivity contribution in [1.82, 2.24) is 4.90 Å². The number of alkyl halides is 1. The Hall–Kier alpha value is -3.71. The number of fused-ring (bicyclic) bond motifs is 1. The van der Waals surface area contributed by atoms with Crippen molar-refractivity contribution in [2.24, 2.45) is 5.92 Å². The minimum Gasteiger partial charge on any atom is -0.492 e. The lowest BCUT2D eigenvalue weighted by Gasteiger charge is -2.37. The van der Waals surface area contributed by atoms with Gasteiger partial charge in [0, 0.05) is 49.3 Å². The number of anilines is 1. The van der Waals surface area contributed by atoms with Gasteiger partial charge in [0.1, 0.15) is 30.0 Å². The number of rotatable bonds is 8. The molecule has 2 aliphatic rings. The predicted molar refractivity (Wildman–Crippen MR) is 141 cm³/mol. The molecule has 1 fully saturated rings. The topological polar surface area (TPSA) is 50.8 Å². The zero-order valence-corrected chi connectivity index (χ0v) is 21.0. The Balaban J connectivity index is 1.39. The highest BCUT2D eigenvalue weighted by Crippen LogP contribution is 2.47. The highest BCUT2D eigenvalue weighted by Gasteiger charge is 2.30. The van der Waals surface area contributed by atoms with E-state index in [1.165, 1.54) is 19.1 Å². The van der Waals surface area contributed by atoms with Gasteiger partial charge in [-0.2, -0.15) is 0 Å². The third kappa shape index (κ3) is 5.52. The van der Waals surface area contributed by atoms with Crippen LogP contribution >= 0.6 is 0 Å². The van der Waals surface area contributed by atoms with E-state index in [-0.39, 0.29) is 24.3 Å². The smallest absolute Gasteiger partial charge is 0.221 e. The van der Waals surface area contributed by atoms with Crippen molar-refractivity contribution in [3.05, 3.63) is 89.2 Å². The molecule has 2 aliphatic heterocycles. The zero-order chi connectivity index (χ0) is 25.9. The van der Waals surface area contributed by atoms with E-state index in [9.17, 15) is 13.6 Å². The van der Waals surface area contributed by atoms with Crippen molar-refractivity contribution in [1.29, 1.82) is 0 Å². The molecule has 37 heavy (non-hydrogen) atoms. The van der Waals surface area contributed by atoms with Crippen LogP contribution in [0.4, 0.5) is 14.5 Å². The van der Waals surface area contributed by atoms with Gasteiger partial charge in [0.05, 0.1) is 6.67 Å². The number of halogens is 2. The SMILES string of the molecule is CC(=O)Nc1ccc2c(c1)C(C)=C(c1ccc(F)cc1)[C@H](c1ccc(OCCN3CC(CF)C3)cc1)O2. The lowest BCUT2D eigenvalue weighted by atomic mass is 9.86. The molecule has 1 atom stereocenters. The third-order valence-corrected chi connectivity index (χ3v) is 6.88. The highest BCUT2D eigenvalue weighted by atomic mass is 19.1. The van der Waals surface area contributed by atoms with Crippen molar-refractivity contribution >= 4 is 22.7 Å². The highest BCUT2D eigenvalue weighted by molar-refractivity contribution is 5.97. The Kier molecular flexibility index (Phi) is 7.24. The van der Waals surface area contributed by atoms with Crippen LogP contribution in [0.5, 0.6) is 11.5 Å².